The van der Waals surface area contributed by atoms with Crippen LogP contribution in [0.15, 0.2) is 48.5 Å². The molecular weight excluding hydrogens is 508 g/mol. The number of amides is 2. The van der Waals surface area contributed by atoms with Gasteiger partial charge in [-0.15, -0.1) is 12.4 Å². The number of benzene rings is 2. The highest BCUT2D eigenvalue weighted by Crippen LogP contribution is 2.25. The van der Waals surface area contributed by atoms with Gasteiger partial charge in [0.2, 0.25) is 0 Å². The van der Waals surface area contributed by atoms with Crippen molar-refractivity contribution in [3.8, 4) is 11.1 Å². The zero-order chi connectivity index (χ0) is 26.2. The summed E-state index contributed by atoms with van der Waals surface area (Å²) in [5, 5.41) is 13.5. The summed E-state index contributed by atoms with van der Waals surface area (Å²) >= 11 is 0. The Morgan fingerprint density at radius 1 is 0.921 bits per heavy atom. The van der Waals surface area contributed by atoms with Crippen molar-refractivity contribution in [3.05, 3.63) is 59.7 Å². The van der Waals surface area contributed by atoms with Gasteiger partial charge in [0.1, 0.15) is 11.9 Å². The third-order valence-corrected chi connectivity index (χ3v) is 6.99. The topological polar surface area (TPSA) is 121 Å². The molecule has 2 fully saturated rings. The van der Waals surface area contributed by atoms with Crippen LogP contribution in [-0.4, -0.2) is 68.1 Å². The van der Waals surface area contributed by atoms with Crippen molar-refractivity contribution in [3.63, 3.8) is 0 Å². The van der Waals surface area contributed by atoms with Crippen LogP contribution in [-0.2, 0) is 14.3 Å². The van der Waals surface area contributed by atoms with Crippen LogP contribution in [0.4, 0.5) is 4.79 Å². The fraction of sp³-hybridized carbons (Fsp3) is 0.429. The molecule has 0 unspecified atom stereocenters. The van der Waals surface area contributed by atoms with Crippen LogP contribution < -0.4 is 10.6 Å². The largest absolute Gasteiger partial charge is 0.462 e. The zero-order valence-electron chi connectivity index (χ0n) is 21.5. The third kappa shape index (κ3) is 7.79. The molecule has 2 amide bonds. The van der Waals surface area contributed by atoms with Gasteiger partial charge in [-0.25, -0.2) is 4.79 Å². The fourth-order valence-electron chi connectivity index (χ4n) is 4.77. The van der Waals surface area contributed by atoms with Gasteiger partial charge in [-0.05, 0) is 68.0 Å². The Hall–Kier alpha value is -3.43. The SMILES string of the molecule is COC(=O)NC(=N)c1ccc(-c2ccc(C(=O)N3CCC(CC(=O)OC4CCNCC4)CC3)cc2)cc1.Cl. The molecule has 0 saturated carbocycles. The Morgan fingerprint density at radius 3 is 2.03 bits per heavy atom. The number of rotatable bonds is 6. The number of hydrogen-bond acceptors (Lipinski definition) is 7. The molecule has 0 aliphatic carbocycles. The normalized spacial score (nSPS) is 16.2. The Morgan fingerprint density at radius 2 is 1.47 bits per heavy atom. The van der Waals surface area contributed by atoms with E-state index in [1.807, 2.05) is 41.3 Å². The lowest BCUT2D eigenvalue weighted by atomic mass is 9.93. The first-order chi connectivity index (χ1) is 17.9. The molecule has 10 heteroatoms. The Kier molecular flexibility index (Phi) is 10.7. The molecule has 2 heterocycles. The molecule has 2 aliphatic rings. The molecule has 2 saturated heterocycles. The van der Waals surface area contributed by atoms with Crippen molar-refractivity contribution in [1.82, 2.24) is 15.5 Å². The molecule has 0 radical (unpaired) electrons. The third-order valence-electron chi connectivity index (χ3n) is 6.99. The highest BCUT2D eigenvalue weighted by atomic mass is 35.5. The molecule has 2 aliphatic heterocycles. The highest BCUT2D eigenvalue weighted by Gasteiger charge is 2.27. The number of hydrogen-bond donors (Lipinski definition) is 3. The van der Waals surface area contributed by atoms with Crippen LogP contribution in [0.5, 0.6) is 0 Å². The Balaban J connectivity index is 0.00000400. The van der Waals surface area contributed by atoms with Gasteiger partial charge in [0.25, 0.3) is 5.91 Å². The number of esters is 1. The molecule has 0 bridgehead atoms. The van der Waals surface area contributed by atoms with Crippen LogP contribution >= 0.6 is 12.4 Å². The van der Waals surface area contributed by atoms with Crippen molar-refractivity contribution < 1.29 is 23.9 Å². The van der Waals surface area contributed by atoms with Gasteiger partial charge in [0.05, 0.1) is 7.11 Å². The van der Waals surface area contributed by atoms with E-state index in [2.05, 4.69) is 15.4 Å². The number of carbonyl (C=O) groups excluding carboxylic acids is 3. The number of alkyl carbamates (subject to hydrolysis) is 1. The first kappa shape index (κ1) is 29.1. The van der Waals surface area contributed by atoms with Crippen molar-refractivity contribution in [2.24, 2.45) is 5.92 Å². The van der Waals surface area contributed by atoms with Crippen molar-refractivity contribution >= 4 is 36.2 Å². The van der Waals surface area contributed by atoms with Gasteiger partial charge in [-0.2, -0.15) is 0 Å². The van der Waals surface area contributed by atoms with Gasteiger partial charge in [-0.3, -0.25) is 20.3 Å². The Labute approximate surface area is 229 Å². The van der Waals surface area contributed by atoms with Gasteiger partial charge in [0.15, 0.2) is 0 Å². The molecule has 9 nitrogen and oxygen atoms in total. The van der Waals surface area contributed by atoms with E-state index >= 15 is 0 Å². The molecule has 0 aromatic heterocycles. The molecule has 2 aromatic rings. The lowest BCUT2D eigenvalue weighted by Gasteiger charge is -2.32. The smallest absolute Gasteiger partial charge is 0.412 e. The molecule has 4 rings (SSSR count). The van der Waals surface area contributed by atoms with E-state index in [-0.39, 0.29) is 42.1 Å². The van der Waals surface area contributed by atoms with Gasteiger partial charge < -0.3 is 19.7 Å². The van der Waals surface area contributed by atoms with E-state index < -0.39 is 6.09 Å². The summed E-state index contributed by atoms with van der Waals surface area (Å²) < 4.78 is 10.1. The number of halogens is 1. The maximum Gasteiger partial charge on any atom is 0.412 e. The summed E-state index contributed by atoms with van der Waals surface area (Å²) in [6.07, 6.45) is 3.14. The van der Waals surface area contributed by atoms with E-state index in [0.29, 0.717) is 30.6 Å². The van der Waals surface area contributed by atoms with E-state index in [1.165, 1.54) is 7.11 Å². The quantitative estimate of drug-likeness (QED) is 0.288. The van der Waals surface area contributed by atoms with Crippen molar-refractivity contribution in [1.29, 1.82) is 5.41 Å². The minimum atomic E-state index is -0.686. The van der Waals surface area contributed by atoms with Crippen molar-refractivity contribution in [2.75, 3.05) is 33.3 Å². The number of carbonyl (C=O) groups is 3. The number of nitrogens with zero attached hydrogens (tertiary/aromatic N) is 1. The molecule has 2 aromatic carbocycles. The summed E-state index contributed by atoms with van der Waals surface area (Å²) in [6.45, 7) is 3.07. The van der Waals surface area contributed by atoms with E-state index in [1.54, 1.807) is 12.1 Å². The summed E-state index contributed by atoms with van der Waals surface area (Å²) in [5.41, 5.74) is 3.07. The highest BCUT2D eigenvalue weighted by molar-refractivity contribution is 6.04. The standard InChI is InChI=1S/C28H34N4O5.ClH/c1-36-28(35)31-26(29)22-6-2-20(3-7-22)21-4-8-23(9-5-21)27(34)32-16-12-19(13-17-32)18-25(33)37-24-10-14-30-15-11-24;/h2-9,19,24,30H,10-18H2,1H3,(H2,29,31,35);1H. The maximum absolute atomic E-state index is 13.0. The molecule has 3 N–H and O–H groups in total. The number of nitrogens with one attached hydrogen (secondary N) is 3. The Bertz CT molecular complexity index is 1110. The predicted molar refractivity (Wildman–Crippen MR) is 147 cm³/mol. The number of methoxy groups -OCH3 is 1. The molecule has 0 spiro atoms. The summed E-state index contributed by atoms with van der Waals surface area (Å²) in [6, 6.07) is 14.7. The van der Waals surface area contributed by atoms with Gasteiger partial charge in [-0.1, -0.05) is 36.4 Å². The average Bonchev–Trinajstić information content (AvgIpc) is 2.93. The maximum atomic E-state index is 13.0. The molecule has 38 heavy (non-hydrogen) atoms. The number of ether oxygens (including phenoxy) is 2. The van der Waals surface area contributed by atoms with Gasteiger partial charge in [0, 0.05) is 30.6 Å². The van der Waals surface area contributed by atoms with Crippen molar-refractivity contribution in [2.45, 2.75) is 38.2 Å². The number of likely N-dealkylation sites (tertiary alicyclic amines) is 1. The first-order valence-electron chi connectivity index (χ1n) is 12.8. The minimum absolute atomic E-state index is 0. The second-order valence-corrected chi connectivity index (χ2v) is 9.53. The average molecular weight is 543 g/mol. The van der Waals surface area contributed by atoms with E-state index in [4.69, 9.17) is 10.1 Å². The molecular formula is C28H35ClN4O5. The lowest BCUT2D eigenvalue weighted by Crippen LogP contribution is -2.39. The number of amidine groups is 1. The minimum Gasteiger partial charge on any atom is -0.462 e. The van der Waals surface area contributed by atoms with E-state index in [0.717, 1.165) is 49.9 Å². The van der Waals surface area contributed by atoms with Crippen LogP contribution in [0.2, 0.25) is 0 Å². The van der Waals surface area contributed by atoms with Crippen LogP contribution in [0.25, 0.3) is 11.1 Å². The van der Waals surface area contributed by atoms with Crippen LogP contribution in [0, 0.1) is 11.3 Å². The second kappa shape index (κ2) is 13.9. The van der Waals surface area contributed by atoms with Crippen LogP contribution in [0.3, 0.4) is 0 Å². The molecule has 204 valence electrons. The predicted octanol–water partition coefficient (Wildman–Crippen LogP) is 3.99. The first-order valence-corrected chi connectivity index (χ1v) is 12.8. The lowest BCUT2D eigenvalue weighted by molar-refractivity contribution is -0.151. The number of piperidine rings is 2. The summed E-state index contributed by atoms with van der Waals surface area (Å²) in [4.78, 5) is 38.5. The van der Waals surface area contributed by atoms with Crippen LogP contribution in [0.1, 0.15) is 48.0 Å². The monoisotopic (exact) mass is 542 g/mol. The fourth-order valence-corrected chi connectivity index (χ4v) is 4.77. The molecule has 0 atom stereocenters. The van der Waals surface area contributed by atoms with E-state index in [9.17, 15) is 14.4 Å². The summed E-state index contributed by atoms with van der Waals surface area (Å²) in [7, 11) is 1.25. The zero-order valence-corrected chi connectivity index (χ0v) is 22.4. The van der Waals surface area contributed by atoms with Gasteiger partial charge >= 0.3 is 12.1 Å². The summed E-state index contributed by atoms with van der Waals surface area (Å²) in [5.74, 6) is 0.103. The second-order valence-electron chi connectivity index (χ2n) is 9.53.